The van der Waals surface area contributed by atoms with Crippen LogP contribution in [-0.2, 0) is 4.79 Å². The quantitative estimate of drug-likeness (QED) is 0.707. The number of hydrogen-bond donors (Lipinski definition) is 0. The molecule has 2 fully saturated rings. The maximum atomic E-state index is 11.6. The summed E-state index contributed by atoms with van der Waals surface area (Å²) in [7, 11) is 0. The highest BCUT2D eigenvalue weighted by atomic mass is 16.2. The average molecular weight is 238 g/mol. The molecule has 0 bridgehead atoms. The smallest absolute Gasteiger partial charge is 0.222 e. The number of carbonyl (C=O) groups is 1. The van der Waals surface area contributed by atoms with Crippen molar-refractivity contribution in [1.29, 1.82) is 0 Å². The van der Waals surface area contributed by atoms with Gasteiger partial charge >= 0.3 is 0 Å². The predicted molar refractivity (Wildman–Crippen MR) is 69.8 cm³/mol. The summed E-state index contributed by atoms with van der Waals surface area (Å²) in [5.74, 6) is 1.06. The molecule has 1 atom stereocenters. The second-order valence-electron chi connectivity index (χ2n) is 5.94. The lowest BCUT2D eigenvalue weighted by Crippen LogP contribution is -2.43. The van der Waals surface area contributed by atoms with Crippen LogP contribution in [0.2, 0.25) is 0 Å². The molecule has 2 rings (SSSR count). The van der Waals surface area contributed by atoms with Gasteiger partial charge in [0, 0.05) is 38.1 Å². The van der Waals surface area contributed by atoms with Crippen LogP contribution >= 0.6 is 0 Å². The highest BCUT2D eigenvalue weighted by Gasteiger charge is 2.33. The highest BCUT2D eigenvalue weighted by molar-refractivity contribution is 5.78. The van der Waals surface area contributed by atoms with Gasteiger partial charge in [0.2, 0.25) is 5.91 Å². The summed E-state index contributed by atoms with van der Waals surface area (Å²) >= 11 is 0. The molecule has 1 unspecified atom stereocenters. The van der Waals surface area contributed by atoms with E-state index < -0.39 is 0 Å². The Labute approximate surface area is 105 Å². The number of hydrogen-bond acceptors (Lipinski definition) is 2. The summed E-state index contributed by atoms with van der Waals surface area (Å²) in [6.45, 7) is 9.90. The molecule has 3 nitrogen and oxygen atoms in total. The van der Waals surface area contributed by atoms with Gasteiger partial charge in [-0.1, -0.05) is 13.8 Å². The Morgan fingerprint density at radius 2 is 2.06 bits per heavy atom. The summed E-state index contributed by atoms with van der Waals surface area (Å²) in [6.07, 6.45) is 4.53. The van der Waals surface area contributed by atoms with Gasteiger partial charge in [-0.15, -0.1) is 0 Å². The van der Waals surface area contributed by atoms with Crippen molar-refractivity contribution < 1.29 is 4.79 Å². The molecule has 1 saturated heterocycles. The fourth-order valence-electron chi connectivity index (χ4n) is 2.68. The van der Waals surface area contributed by atoms with Crippen molar-refractivity contribution >= 4 is 5.91 Å². The molecule has 1 aliphatic carbocycles. The molecule has 2 aliphatic rings. The van der Waals surface area contributed by atoms with Crippen molar-refractivity contribution in [3.63, 3.8) is 0 Å². The van der Waals surface area contributed by atoms with Gasteiger partial charge in [0.25, 0.3) is 0 Å². The number of amides is 1. The minimum Gasteiger partial charge on any atom is -0.341 e. The normalized spacial score (nSPS) is 22.9. The molecule has 0 aromatic rings. The van der Waals surface area contributed by atoms with Gasteiger partial charge < -0.3 is 4.90 Å². The van der Waals surface area contributed by atoms with Gasteiger partial charge in [-0.05, 0) is 32.1 Å². The van der Waals surface area contributed by atoms with Gasteiger partial charge in [0.15, 0.2) is 0 Å². The fraction of sp³-hybridized carbons (Fsp3) is 0.929. The standard InChI is InChI=1S/C14H26N2O/c1-11(2)12(3)16(13-6-7-13)10-9-15-8-4-5-14(15)17/h11-13H,4-10H2,1-3H3. The molecule has 3 heteroatoms. The van der Waals surface area contributed by atoms with Crippen LogP contribution in [0.3, 0.4) is 0 Å². The first kappa shape index (κ1) is 12.9. The van der Waals surface area contributed by atoms with E-state index in [-0.39, 0.29) is 0 Å². The Morgan fingerprint density at radius 1 is 1.35 bits per heavy atom. The summed E-state index contributed by atoms with van der Waals surface area (Å²) in [4.78, 5) is 16.2. The van der Waals surface area contributed by atoms with Crippen LogP contribution in [0.4, 0.5) is 0 Å². The van der Waals surface area contributed by atoms with Crippen LogP contribution in [0.5, 0.6) is 0 Å². The van der Waals surface area contributed by atoms with Crippen molar-refractivity contribution in [2.45, 2.75) is 58.5 Å². The van der Waals surface area contributed by atoms with E-state index >= 15 is 0 Å². The maximum absolute atomic E-state index is 11.6. The molecular weight excluding hydrogens is 212 g/mol. The van der Waals surface area contributed by atoms with Crippen LogP contribution < -0.4 is 0 Å². The zero-order valence-electron chi connectivity index (χ0n) is 11.5. The van der Waals surface area contributed by atoms with E-state index in [2.05, 4.69) is 25.7 Å². The average Bonchev–Trinajstić information content (AvgIpc) is 3.03. The van der Waals surface area contributed by atoms with E-state index in [1.165, 1.54) is 12.8 Å². The molecular formula is C14H26N2O. The third kappa shape index (κ3) is 3.21. The minimum atomic E-state index is 0.359. The van der Waals surface area contributed by atoms with Crippen molar-refractivity contribution in [3.05, 3.63) is 0 Å². The number of carbonyl (C=O) groups excluding carboxylic acids is 1. The summed E-state index contributed by atoms with van der Waals surface area (Å²) in [6, 6.07) is 1.44. The van der Waals surface area contributed by atoms with Crippen LogP contribution in [0, 0.1) is 5.92 Å². The molecule has 0 aromatic heterocycles. The Hall–Kier alpha value is -0.570. The molecule has 0 N–H and O–H groups in total. The Bertz CT molecular complexity index is 273. The van der Waals surface area contributed by atoms with Gasteiger partial charge in [-0.25, -0.2) is 0 Å². The Morgan fingerprint density at radius 3 is 2.53 bits per heavy atom. The first-order chi connectivity index (χ1) is 8.09. The fourth-order valence-corrected chi connectivity index (χ4v) is 2.68. The minimum absolute atomic E-state index is 0.359. The lowest BCUT2D eigenvalue weighted by Gasteiger charge is -2.33. The molecule has 0 spiro atoms. The highest BCUT2D eigenvalue weighted by Crippen LogP contribution is 2.30. The molecule has 1 aliphatic heterocycles. The number of likely N-dealkylation sites (tertiary alicyclic amines) is 1. The first-order valence-electron chi connectivity index (χ1n) is 7.13. The van der Waals surface area contributed by atoms with E-state index in [4.69, 9.17) is 0 Å². The SMILES string of the molecule is CC(C)C(C)N(CCN1CCCC1=O)C1CC1. The zero-order chi connectivity index (χ0) is 12.4. The van der Waals surface area contributed by atoms with Crippen LogP contribution in [-0.4, -0.2) is 47.4 Å². The van der Waals surface area contributed by atoms with Gasteiger partial charge in [-0.3, -0.25) is 9.69 Å². The number of nitrogens with zero attached hydrogens (tertiary/aromatic N) is 2. The van der Waals surface area contributed by atoms with E-state index in [9.17, 15) is 4.79 Å². The monoisotopic (exact) mass is 238 g/mol. The van der Waals surface area contributed by atoms with E-state index in [0.29, 0.717) is 17.9 Å². The van der Waals surface area contributed by atoms with Crippen LogP contribution in [0.1, 0.15) is 46.5 Å². The molecule has 1 amide bonds. The number of rotatable bonds is 6. The third-order valence-corrected chi connectivity index (χ3v) is 4.30. The largest absolute Gasteiger partial charge is 0.341 e. The molecule has 98 valence electrons. The predicted octanol–water partition coefficient (Wildman–Crippen LogP) is 2.12. The molecule has 0 radical (unpaired) electrons. The van der Waals surface area contributed by atoms with Gasteiger partial charge in [0.05, 0.1) is 0 Å². The van der Waals surface area contributed by atoms with Crippen LogP contribution in [0.25, 0.3) is 0 Å². The topological polar surface area (TPSA) is 23.6 Å². The second kappa shape index (κ2) is 5.38. The zero-order valence-corrected chi connectivity index (χ0v) is 11.5. The lowest BCUT2D eigenvalue weighted by molar-refractivity contribution is -0.128. The summed E-state index contributed by atoms with van der Waals surface area (Å²) < 4.78 is 0. The van der Waals surface area contributed by atoms with E-state index in [1.807, 2.05) is 4.90 Å². The molecule has 1 saturated carbocycles. The maximum Gasteiger partial charge on any atom is 0.222 e. The Balaban J connectivity index is 1.83. The third-order valence-electron chi connectivity index (χ3n) is 4.30. The van der Waals surface area contributed by atoms with Crippen molar-refractivity contribution in [3.8, 4) is 0 Å². The summed E-state index contributed by atoms with van der Waals surface area (Å²) in [5.41, 5.74) is 0. The van der Waals surface area contributed by atoms with Gasteiger partial charge in [0.1, 0.15) is 0 Å². The van der Waals surface area contributed by atoms with Gasteiger partial charge in [-0.2, -0.15) is 0 Å². The van der Waals surface area contributed by atoms with Crippen molar-refractivity contribution in [1.82, 2.24) is 9.80 Å². The lowest BCUT2D eigenvalue weighted by atomic mass is 10.0. The van der Waals surface area contributed by atoms with E-state index in [1.54, 1.807) is 0 Å². The molecule has 1 heterocycles. The molecule has 17 heavy (non-hydrogen) atoms. The Kier molecular flexibility index (Phi) is 4.08. The second-order valence-corrected chi connectivity index (χ2v) is 5.94. The van der Waals surface area contributed by atoms with Crippen molar-refractivity contribution in [2.75, 3.05) is 19.6 Å². The molecule has 0 aromatic carbocycles. The van der Waals surface area contributed by atoms with Crippen LogP contribution in [0.15, 0.2) is 0 Å². The van der Waals surface area contributed by atoms with Crippen molar-refractivity contribution in [2.24, 2.45) is 5.92 Å². The first-order valence-corrected chi connectivity index (χ1v) is 7.13. The van der Waals surface area contributed by atoms with E-state index in [0.717, 1.165) is 38.5 Å². The summed E-state index contributed by atoms with van der Waals surface area (Å²) in [5, 5.41) is 0.